The standard InChI is InChI=1S/C12H10F3NO/c1-2-3-6-17-11-5-4-9(8-16)7-10(11)12(13,14)15/h2,4-5,7H,1,3,6H2. The molecule has 0 saturated carbocycles. The third kappa shape index (κ3) is 3.52. The topological polar surface area (TPSA) is 33.0 Å². The van der Waals surface area contributed by atoms with Gasteiger partial charge >= 0.3 is 6.18 Å². The molecule has 0 bridgehead atoms. The highest BCUT2D eigenvalue weighted by atomic mass is 19.4. The van der Waals surface area contributed by atoms with Gasteiger partial charge in [-0.3, -0.25) is 0 Å². The summed E-state index contributed by atoms with van der Waals surface area (Å²) >= 11 is 0. The van der Waals surface area contributed by atoms with E-state index in [2.05, 4.69) is 6.58 Å². The molecular formula is C12H10F3NO. The summed E-state index contributed by atoms with van der Waals surface area (Å²) in [5, 5.41) is 8.56. The van der Waals surface area contributed by atoms with Gasteiger partial charge in [-0.2, -0.15) is 18.4 Å². The molecule has 90 valence electrons. The molecule has 0 heterocycles. The minimum absolute atomic E-state index is 0.0478. The van der Waals surface area contributed by atoms with Crippen LogP contribution in [0, 0.1) is 11.3 Å². The van der Waals surface area contributed by atoms with Gasteiger partial charge in [0.05, 0.1) is 23.8 Å². The van der Waals surface area contributed by atoms with E-state index in [-0.39, 0.29) is 17.9 Å². The van der Waals surface area contributed by atoms with Crippen molar-refractivity contribution in [3.63, 3.8) is 0 Å². The second kappa shape index (κ2) is 5.39. The Hall–Kier alpha value is -1.96. The summed E-state index contributed by atoms with van der Waals surface area (Å²) in [6.07, 6.45) is -2.52. The average molecular weight is 241 g/mol. The normalized spacial score (nSPS) is 10.7. The van der Waals surface area contributed by atoms with Gasteiger partial charge in [-0.15, -0.1) is 6.58 Å². The molecule has 1 rings (SSSR count). The second-order valence-corrected chi connectivity index (χ2v) is 3.25. The van der Waals surface area contributed by atoms with E-state index in [9.17, 15) is 13.2 Å². The molecule has 1 aromatic carbocycles. The van der Waals surface area contributed by atoms with E-state index in [4.69, 9.17) is 10.00 Å². The fourth-order valence-electron chi connectivity index (χ4n) is 1.20. The van der Waals surface area contributed by atoms with Crippen molar-refractivity contribution in [3.05, 3.63) is 42.0 Å². The maximum Gasteiger partial charge on any atom is 0.420 e. The number of ether oxygens (including phenoxy) is 1. The first-order valence-corrected chi connectivity index (χ1v) is 4.84. The fourth-order valence-corrected chi connectivity index (χ4v) is 1.20. The molecule has 0 aliphatic rings. The van der Waals surface area contributed by atoms with E-state index in [1.165, 1.54) is 6.07 Å². The number of nitrogens with zero attached hydrogens (tertiary/aromatic N) is 1. The van der Waals surface area contributed by atoms with Crippen molar-refractivity contribution >= 4 is 0 Å². The molecule has 2 nitrogen and oxygen atoms in total. The molecule has 0 aromatic heterocycles. The molecule has 0 N–H and O–H groups in total. The van der Waals surface area contributed by atoms with Crippen LogP contribution >= 0.6 is 0 Å². The number of alkyl halides is 3. The fraction of sp³-hybridized carbons (Fsp3) is 0.250. The summed E-state index contributed by atoms with van der Waals surface area (Å²) < 4.78 is 43.0. The van der Waals surface area contributed by atoms with Gasteiger partial charge in [-0.1, -0.05) is 6.08 Å². The van der Waals surface area contributed by atoms with Crippen LogP contribution in [0.5, 0.6) is 5.75 Å². The summed E-state index contributed by atoms with van der Waals surface area (Å²) in [4.78, 5) is 0. The molecule has 0 spiro atoms. The molecule has 0 unspecified atom stereocenters. The SMILES string of the molecule is C=CCCOc1ccc(C#N)cc1C(F)(F)F. The Kier molecular flexibility index (Phi) is 4.16. The number of nitriles is 1. The summed E-state index contributed by atoms with van der Waals surface area (Å²) in [7, 11) is 0. The highest BCUT2D eigenvalue weighted by Crippen LogP contribution is 2.36. The van der Waals surface area contributed by atoms with Crippen LogP contribution in [0.3, 0.4) is 0 Å². The molecule has 5 heteroatoms. The van der Waals surface area contributed by atoms with Gasteiger partial charge in [0.2, 0.25) is 0 Å². The van der Waals surface area contributed by atoms with Crippen molar-refractivity contribution in [3.8, 4) is 11.8 Å². The van der Waals surface area contributed by atoms with Crippen LogP contribution in [0.25, 0.3) is 0 Å². The summed E-state index contributed by atoms with van der Waals surface area (Å²) in [6, 6.07) is 4.89. The minimum Gasteiger partial charge on any atom is -0.493 e. The quantitative estimate of drug-likeness (QED) is 0.596. The predicted molar refractivity (Wildman–Crippen MR) is 56.5 cm³/mol. The van der Waals surface area contributed by atoms with Crippen LogP contribution in [-0.4, -0.2) is 6.61 Å². The van der Waals surface area contributed by atoms with Gasteiger partial charge in [-0.05, 0) is 24.6 Å². The van der Waals surface area contributed by atoms with Crippen molar-refractivity contribution in [1.82, 2.24) is 0 Å². The molecule has 0 saturated heterocycles. The van der Waals surface area contributed by atoms with Gasteiger partial charge in [0.25, 0.3) is 0 Å². The summed E-state index contributed by atoms with van der Waals surface area (Å²) in [5.41, 5.74) is -0.978. The number of hydrogen-bond donors (Lipinski definition) is 0. The van der Waals surface area contributed by atoms with E-state index < -0.39 is 11.7 Å². The third-order valence-corrected chi connectivity index (χ3v) is 1.99. The Bertz CT molecular complexity index is 446. The van der Waals surface area contributed by atoms with E-state index in [1.54, 1.807) is 12.1 Å². The van der Waals surface area contributed by atoms with Crippen LogP contribution in [0.2, 0.25) is 0 Å². The maximum atomic E-state index is 12.7. The van der Waals surface area contributed by atoms with Crippen LogP contribution in [0.4, 0.5) is 13.2 Å². The predicted octanol–water partition coefficient (Wildman–Crippen LogP) is 3.53. The zero-order chi connectivity index (χ0) is 12.9. The van der Waals surface area contributed by atoms with Crippen molar-refractivity contribution in [2.45, 2.75) is 12.6 Å². The molecule has 0 aliphatic carbocycles. The molecule has 0 fully saturated rings. The lowest BCUT2D eigenvalue weighted by Gasteiger charge is -2.13. The number of benzene rings is 1. The maximum absolute atomic E-state index is 12.7. The molecule has 0 aliphatic heterocycles. The lowest BCUT2D eigenvalue weighted by atomic mass is 10.1. The monoisotopic (exact) mass is 241 g/mol. The number of rotatable bonds is 4. The zero-order valence-electron chi connectivity index (χ0n) is 8.92. The summed E-state index contributed by atoms with van der Waals surface area (Å²) in [6.45, 7) is 3.57. The van der Waals surface area contributed by atoms with E-state index >= 15 is 0 Å². The van der Waals surface area contributed by atoms with Gasteiger partial charge in [0, 0.05) is 0 Å². The van der Waals surface area contributed by atoms with Crippen LogP contribution in [0.15, 0.2) is 30.9 Å². The Balaban J connectivity index is 3.04. The Morgan fingerprint density at radius 3 is 2.65 bits per heavy atom. The van der Waals surface area contributed by atoms with Crippen LogP contribution < -0.4 is 4.74 Å². The van der Waals surface area contributed by atoms with E-state index in [0.29, 0.717) is 6.42 Å². The first kappa shape index (κ1) is 13.1. The van der Waals surface area contributed by atoms with Crippen molar-refractivity contribution in [2.75, 3.05) is 6.61 Å². The molecule has 0 radical (unpaired) electrons. The number of halogens is 3. The third-order valence-electron chi connectivity index (χ3n) is 1.99. The lowest BCUT2D eigenvalue weighted by molar-refractivity contribution is -0.138. The van der Waals surface area contributed by atoms with Crippen LogP contribution in [-0.2, 0) is 6.18 Å². The highest BCUT2D eigenvalue weighted by molar-refractivity contribution is 5.43. The first-order valence-electron chi connectivity index (χ1n) is 4.84. The van der Waals surface area contributed by atoms with Gasteiger partial charge < -0.3 is 4.74 Å². The Morgan fingerprint density at radius 2 is 2.12 bits per heavy atom. The molecular weight excluding hydrogens is 231 g/mol. The van der Waals surface area contributed by atoms with E-state index in [1.807, 2.05) is 0 Å². The molecule has 0 atom stereocenters. The highest BCUT2D eigenvalue weighted by Gasteiger charge is 2.34. The molecule has 17 heavy (non-hydrogen) atoms. The van der Waals surface area contributed by atoms with E-state index in [0.717, 1.165) is 12.1 Å². The molecule has 1 aromatic rings. The van der Waals surface area contributed by atoms with Crippen molar-refractivity contribution in [1.29, 1.82) is 5.26 Å². The second-order valence-electron chi connectivity index (χ2n) is 3.25. The Labute approximate surface area is 96.9 Å². The largest absolute Gasteiger partial charge is 0.493 e. The Morgan fingerprint density at radius 1 is 1.41 bits per heavy atom. The van der Waals surface area contributed by atoms with Gasteiger partial charge in [-0.25, -0.2) is 0 Å². The van der Waals surface area contributed by atoms with Gasteiger partial charge in [0.15, 0.2) is 0 Å². The van der Waals surface area contributed by atoms with Crippen molar-refractivity contribution in [2.24, 2.45) is 0 Å². The van der Waals surface area contributed by atoms with Crippen molar-refractivity contribution < 1.29 is 17.9 Å². The van der Waals surface area contributed by atoms with Gasteiger partial charge in [0.1, 0.15) is 5.75 Å². The summed E-state index contributed by atoms with van der Waals surface area (Å²) in [5.74, 6) is -0.265. The van der Waals surface area contributed by atoms with Crippen LogP contribution in [0.1, 0.15) is 17.5 Å². The minimum atomic E-state index is -4.53. The zero-order valence-corrected chi connectivity index (χ0v) is 8.92. The lowest BCUT2D eigenvalue weighted by Crippen LogP contribution is -2.09. The average Bonchev–Trinajstić information content (AvgIpc) is 2.28. The molecule has 0 amide bonds. The first-order chi connectivity index (χ1) is 7.99. The number of hydrogen-bond acceptors (Lipinski definition) is 2. The smallest absolute Gasteiger partial charge is 0.420 e.